The Kier molecular flexibility index (Phi) is 4.73. The van der Waals surface area contributed by atoms with E-state index in [0.29, 0.717) is 24.4 Å². The Bertz CT molecular complexity index is 699. The number of benzene rings is 1. The third kappa shape index (κ3) is 3.76. The van der Waals surface area contributed by atoms with E-state index in [0.717, 1.165) is 29.1 Å². The number of aliphatic hydroxyl groups is 1. The lowest BCUT2D eigenvalue weighted by atomic mass is 10.1. The number of amides is 1. The fourth-order valence-electron chi connectivity index (χ4n) is 2.79. The molecule has 0 unspecified atom stereocenters. The molecule has 3 rings (SSSR count). The second kappa shape index (κ2) is 6.76. The molecular formula is C17H19FN2O2S. The number of aryl methyl sites for hydroxylation is 1. The van der Waals surface area contributed by atoms with Gasteiger partial charge in [-0.1, -0.05) is 12.1 Å². The van der Waals surface area contributed by atoms with Crippen LogP contribution < -0.4 is 0 Å². The van der Waals surface area contributed by atoms with Crippen molar-refractivity contribution in [1.29, 1.82) is 0 Å². The van der Waals surface area contributed by atoms with Crippen LogP contribution in [0, 0.1) is 12.7 Å². The molecule has 0 bridgehead atoms. The van der Waals surface area contributed by atoms with Crippen LogP contribution in [0.2, 0.25) is 0 Å². The van der Waals surface area contributed by atoms with Crippen molar-refractivity contribution in [1.82, 2.24) is 9.88 Å². The minimum absolute atomic E-state index is 0.0518. The highest BCUT2D eigenvalue weighted by atomic mass is 32.1. The van der Waals surface area contributed by atoms with Gasteiger partial charge in [-0.15, -0.1) is 11.3 Å². The van der Waals surface area contributed by atoms with Crippen LogP contribution in [0.4, 0.5) is 4.39 Å². The highest BCUT2D eigenvalue weighted by Gasteiger charge is 2.26. The smallest absolute Gasteiger partial charge is 0.265 e. The molecular weight excluding hydrogens is 315 g/mol. The molecule has 1 amide bonds. The maximum atomic E-state index is 13.0. The first-order chi connectivity index (χ1) is 11.0. The predicted octanol–water partition coefficient (Wildman–Crippen LogP) is 2.78. The summed E-state index contributed by atoms with van der Waals surface area (Å²) in [6.07, 6.45) is 1.73. The molecule has 2 aromatic rings. The molecule has 0 spiro atoms. The van der Waals surface area contributed by atoms with E-state index in [9.17, 15) is 14.3 Å². The molecule has 0 aliphatic carbocycles. The van der Waals surface area contributed by atoms with Gasteiger partial charge < -0.3 is 10.0 Å². The lowest BCUT2D eigenvalue weighted by Crippen LogP contribution is -2.42. The van der Waals surface area contributed by atoms with E-state index in [1.807, 2.05) is 6.92 Å². The van der Waals surface area contributed by atoms with Crippen molar-refractivity contribution in [2.75, 3.05) is 13.1 Å². The van der Waals surface area contributed by atoms with E-state index in [-0.39, 0.29) is 11.7 Å². The number of likely N-dealkylation sites (tertiary alicyclic amines) is 1. The Labute approximate surface area is 138 Å². The summed E-state index contributed by atoms with van der Waals surface area (Å²) in [5, 5.41) is 10.6. The van der Waals surface area contributed by atoms with Crippen molar-refractivity contribution in [3.8, 4) is 0 Å². The standard InChI is InChI=1S/C17H19FN2O2S/c1-11-16(17(22)20-8-2-3-14(21)10-20)23-15(19-11)9-12-4-6-13(18)7-5-12/h4-7,14,21H,2-3,8-10H2,1H3/t14-/m0/s1. The number of aromatic nitrogens is 1. The lowest BCUT2D eigenvalue weighted by Gasteiger charge is -2.29. The van der Waals surface area contributed by atoms with E-state index >= 15 is 0 Å². The largest absolute Gasteiger partial charge is 0.391 e. The van der Waals surface area contributed by atoms with Crippen LogP contribution in [0.1, 0.15) is 38.8 Å². The average molecular weight is 334 g/mol. The number of β-amino-alcohol motifs (C(OH)–C–C–N with tert-alkyl or cyclic N) is 1. The predicted molar refractivity (Wildman–Crippen MR) is 87.2 cm³/mol. The highest BCUT2D eigenvalue weighted by Crippen LogP contribution is 2.24. The maximum absolute atomic E-state index is 13.0. The Morgan fingerprint density at radius 3 is 2.87 bits per heavy atom. The molecule has 1 aromatic heterocycles. The molecule has 1 aliphatic rings. The molecule has 1 aromatic carbocycles. The number of halogens is 1. The molecule has 0 radical (unpaired) electrons. The third-order valence-corrected chi connectivity index (χ3v) is 5.13. The zero-order chi connectivity index (χ0) is 16.4. The molecule has 23 heavy (non-hydrogen) atoms. The maximum Gasteiger partial charge on any atom is 0.265 e. The summed E-state index contributed by atoms with van der Waals surface area (Å²) in [5.41, 5.74) is 1.68. The minimum atomic E-state index is -0.431. The van der Waals surface area contributed by atoms with Gasteiger partial charge in [0.25, 0.3) is 5.91 Å². The molecule has 1 fully saturated rings. The van der Waals surface area contributed by atoms with E-state index in [4.69, 9.17) is 0 Å². The van der Waals surface area contributed by atoms with Gasteiger partial charge in [-0.05, 0) is 37.5 Å². The molecule has 1 saturated heterocycles. The van der Waals surface area contributed by atoms with Crippen LogP contribution >= 0.6 is 11.3 Å². The Morgan fingerprint density at radius 1 is 1.43 bits per heavy atom. The van der Waals surface area contributed by atoms with Gasteiger partial charge in [-0.3, -0.25) is 4.79 Å². The van der Waals surface area contributed by atoms with Crippen LogP contribution in [0.15, 0.2) is 24.3 Å². The fourth-order valence-corrected chi connectivity index (χ4v) is 3.85. The monoisotopic (exact) mass is 334 g/mol. The van der Waals surface area contributed by atoms with Gasteiger partial charge in [0.1, 0.15) is 10.7 Å². The summed E-state index contributed by atoms with van der Waals surface area (Å²) >= 11 is 1.38. The lowest BCUT2D eigenvalue weighted by molar-refractivity contribution is 0.0477. The summed E-state index contributed by atoms with van der Waals surface area (Å²) in [5.74, 6) is -0.312. The van der Waals surface area contributed by atoms with Gasteiger partial charge >= 0.3 is 0 Å². The van der Waals surface area contributed by atoms with E-state index in [2.05, 4.69) is 4.98 Å². The van der Waals surface area contributed by atoms with Crippen LogP contribution in [0.3, 0.4) is 0 Å². The van der Waals surface area contributed by atoms with Crippen LogP contribution in [0.5, 0.6) is 0 Å². The van der Waals surface area contributed by atoms with Crippen LogP contribution in [0.25, 0.3) is 0 Å². The summed E-state index contributed by atoms with van der Waals surface area (Å²) in [7, 11) is 0. The first-order valence-electron chi connectivity index (χ1n) is 7.71. The van der Waals surface area contributed by atoms with Crippen molar-refractivity contribution < 1.29 is 14.3 Å². The van der Waals surface area contributed by atoms with Crippen LogP contribution in [-0.4, -0.2) is 40.1 Å². The highest BCUT2D eigenvalue weighted by molar-refractivity contribution is 7.13. The fraction of sp³-hybridized carbons (Fsp3) is 0.412. The Hall–Kier alpha value is -1.79. The van der Waals surface area contributed by atoms with Crippen LogP contribution in [-0.2, 0) is 6.42 Å². The van der Waals surface area contributed by atoms with Gasteiger partial charge in [-0.2, -0.15) is 0 Å². The normalized spacial score (nSPS) is 18.2. The molecule has 1 atom stereocenters. The first-order valence-corrected chi connectivity index (χ1v) is 8.52. The molecule has 2 heterocycles. The molecule has 122 valence electrons. The van der Waals surface area contributed by atoms with E-state index < -0.39 is 6.10 Å². The number of hydrogen-bond acceptors (Lipinski definition) is 4. The number of aliphatic hydroxyl groups excluding tert-OH is 1. The molecule has 6 heteroatoms. The van der Waals surface area contributed by atoms with Crippen molar-refractivity contribution >= 4 is 17.2 Å². The van der Waals surface area contributed by atoms with Gasteiger partial charge in [0.2, 0.25) is 0 Å². The molecule has 0 saturated carbocycles. The quantitative estimate of drug-likeness (QED) is 0.939. The summed E-state index contributed by atoms with van der Waals surface area (Å²) in [6.45, 7) is 2.91. The third-order valence-electron chi connectivity index (χ3n) is 3.99. The Balaban J connectivity index is 1.75. The molecule has 4 nitrogen and oxygen atoms in total. The second-order valence-electron chi connectivity index (χ2n) is 5.87. The first kappa shape index (κ1) is 16.1. The van der Waals surface area contributed by atoms with Crippen molar-refractivity contribution in [2.45, 2.75) is 32.3 Å². The number of hydrogen-bond donors (Lipinski definition) is 1. The summed E-state index contributed by atoms with van der Waals surface area (Å²) < 4.78 is 13.0. The SMILES string of the molecule is Cc1nc(Cc2ccc(F)cc2)sc1C(=O)N1CCC[C@H](O)C1. The molecule has 1 aliphatic heterocycles. The van der Waals surface area contributed by atoms with Crippen molar-refractivity contribution in [3.63, 3.8) is 0 Å². The number of piperidine rings is 1. The number of carbonyl (C=O) groups excluding carboxylic acids is 1. The van der Waals surface area contributed by atoms with Crippen molar-refractivity contribution in [2.24, 2.45) is 0 Å². The number of rotatable bonds is 3. The topological polar surface area (TPSA) is 53.4 Å². The summed E-state index contributed by atoms with van der Waals surface area (Å²) in [6, 6.07) is 6.32. The average Bonchev–Trinajstić information content (AvgIpc) is 2.89. The zero-order valence-corrected chi connectivity index (χ0v) is 13.8. The summed E-state index contributed by atoms with van der Waals surface area (Å²) in [4.78, 5) is 19.4. The number of carbonyl (C=O) groups is 1. The van der Waals surface area contributed by atoms with Crippen molar-refractivity contribution in [3.05, 3.63) is 51.2 Å². The minimum Gasteiger partial charge on any atom is -0.391 e. The second-order valence-corrected chi connectivity index (χ2v) is 6.96. The van der Waals surface area contributed by atoms with E-state index in [1.54, 1.807) is 17.0 Å². The number of nitrogens with zero attached hydrogens (tertiary/aromatic N) is 2. The number of thiazole rings is 1. The van der Waals surface area contributed by atoms with Gasteiger partial charge in [0, 0.05) is 19.5 Å². The van der Waals surface area contributed by atoms with Gasteiger partial charge in [0.05, 0.1) is 16.8 Å². The Morgan fingerprint density at radius 2 is 2.17 bits per heavy atom. The van der Waals surface area contributed by atoms with E-state index in [1.165, 1.54) is 23.5 Å². The van der Waals surface area contributed by atoms with Gasteiger partial charge in [-0.25, -0.2) is 9.37 Å². The molecule has 1 N–H and O–H groups in total. The zero-order valence-electron chi connectivity index (χ0n) is 13.0. The van der Waals surface area contributed by atoms with Gasteiger partial charge in [0.15, 0.2) is 0 Å².